The number of hydrogen-bond acceptors (Lipinski definition) is 2. The molecule has 0 aliphatic rings. The molecule has 0 saturated heterocycles. The third-order valence-electron chi connectivity index (χ3n) is 3.08. The fourth-order valence-electron chi connectivity index (χ4n) is 2.17. The number of anilines is 1. The molecule has 2 rings (SSSR count). The van der Waals surface area contributed by atoms with Crippen LogP contribution in [-0.2, 0) is 0 Å². The van der Waals surface area contributed by atoms with Crippen LogP contribution in [0, 0.1) is 0 Å². The Hall–Kier alpha value is -1.09. The predicted molar refractivity (Wildman–Crippen MR) is 82.6 cm³/mol. The molecule has 1 aromatic heterocycles. The van der Waals surface area contributed by atoms with E-state index in [1.165, 1.54) is 10.8 Å². The fourth-order valence-corrected chi connectivity index (χ4v) is 2.42. The Morgan fingerprint density at radius 3 is 2.72 bits per heavy atom. The Balaban J connectivity index is 2.43. The largest absolute Gasteiger partial charge is 0.354 e. The molecule has 3 heteroatoms. The van der Waals surface area contributed by atoms with Crippen LogP contribution in [-0.4, -0.2) is 22.9 Å². The van der Waals surface area contributed by atoms with Crippen LogP contribution in [0.15, 0.2) is 36.5 Å². The number of pyridine rings is 1. The standard InChI is InChI=1S/C15H19BrN2/c1-12(2)18(11-5-9-16)15-14-7-4-3-6-13(14)8-10-17-15/h3-4,6-8,10,12H,5,9,11H2,1-2H3. The van der Waals surface area contributed by atoms with E-state index in [4.69, 9.17) is 0 Å². The molecule has 0 spiro atoms. The number of halogens is 1. The highest BCUT2D eigenvalue weighted by molar-refractivity contribution is 9.09. The van der Waals surface area contributed by atoms with Crippen LogP contribution in [0.5, 0.6) is 0 Å². The van der Waals surface area contributed by atoms with Gasteiger partial charge in [-0.05, 0) is 31.7 Å². The number of aromatic nitrogens is 1. The molecular formula is C15H19BrN2. The van der Waals surface area contributed by atoms with Crippen molar-refractivity contribution in [3.05, 3.63) is 36.5 Å². The van der Waals surface area contributed by atoms with Crippen molar-refractivity contribution in [2.24, 2.45) is 0 Å². The average molecular weight is 307 g/mol. The lowest BCUT2D eigenvalue weighted by atomic mass is 10.1. The van der Waals surface area contributed by atoms with Crippen molar-refractivity contribution in [2.75, 3.05) is 16.8 Å². The van der Waals surface area contributed by atoms with Gasteiger partial charge in [-0.1, -0.05) is 40.2 Å². The van der Waals surface area contributed by atoms with E-state index >= 15 is 0 Å². The van der Waals surface area contributed by atoms with E-state index in [0.717, 1.165) is 24.1 Å². The molecule has 18 heavy (non-hydrogen) atoms. The molecule has 0 N–H and O–H groups in total. The summed E-state index contributed by atoms with van der Waals surface area (Å²) in [4.78, 5) is 6.97. The van der Waals surface area contributed by atoms with Crippen molar-refractivity contribution in [2.45, 2.75) is 26.3 Å². The van der Waals surface area contributed by atoms with Crippen LogP contribution < -0.4 is 4.90 Å². The average Bonchev–Trinajstić information content (AvgIpc) is 2.39. The van der Waals surface area contributed by atoms with E-state index in [1.54, 1.807) is 0 Å². The maximum Gasteiger partial charge on any atom is 0.136 e. The Morgan fingerprint density at radius 2 is 2.00 bits per heavy atom. The summed E-state index contributed by atoms with van der Waals surface area (Å²) in [5, 5.41) is 3.52. The van der Waals surface area contributed by atoms with Crippen LogP contribution in [0.4, 0.5) is 5.82 Å². The summed E-state index contributed by atoms with van der Waals surface area (Å²) in [7, 11) is 0. The summed E-state index contributed by atoms with van der Waals surface area (Å²) >= 11 is 3.50. The van der Waals surface area contributed by atoms with Gasteiger partial charge in [-0.25, -0.2) is 4.98 Å². The number of alkyl halides is 1. The summed E-state index contributed by atoms with van der Waals surface area (Å²) in [6.45, 7) is 5.47. The zero-order valence-corrected chi connectivity index (χ0v) is 12.5. The highest BCUT2D eigenvalue weighted by Gasteiger charge is 2.13. The monoisotopic (exact) mass is 306 g/mol. The SMILES string of the molecule is CC(C)N(CCCBr)c1nccc2ccccc12. The number of nitrogens with zero attached hydrogens (tertiary/aromatic N) is 2. The van der Waals surface area contributed by atoms with Gasteiger partial charge in [0.25, 0.3) is 0 Å². The molecule has 2 nitrogen and oxygen atoms in total. The first kappa shape index (κ1) is 13.3. The Morgan fingerprint density at radius 1 is 1.22 bits per heavy atom. The molecule has 0 atom stereocenters. The molecule has 0 fully saturated rings. The number of benzene rings is 1. The van der Waals surface area contributed by atoms with Gasteiger partial charge in [-0.2, -0.15) is 0 Å². The van der Waals surface area contributed by atoms with Gasteiger partial charge < -0.3 is 4.90 Å². The quantitative estimate of drug-likeness (QED) is 0.768. The zero-order chi connectivity index (χ0) is 13.0. The van der Waals surface area contributed by atoms with Crippen molar-refractivity contribution < 1.29 is 0 Å². The molecule has 0 aliphatic heterocycles. The molecular weight excluding hydrogens is 288 g/mol. The second kappa shape index (κ2) is 6.19. The smallest absolute Gasteiger partial charge is 0.136 e. The molecule has 96 valence electrons. The van der Waals surface area contributed by atoms with Crippen LogP contribution in [0.2, 0.25) is 0 Å². The van der Waals surface area contributed by atoms with Gasteiger partial charge in [0.15, 0.2) is 0 Å². The Kier molecular flexibility index (Phi) is 4.59. The second-order valence-electron chi connectivity index (χ2n) is 4.69. The summed E-state index contributed by atoms with van der Waals surface area (Å²) < 4.78 is 0. The normalized spacial score (nSPS) is 11.1. The lowest BCUT2D eigenvalue weighted by Crippen LogP contribution is -2.32. The maximum absolute atomic E-state index is 4.59. The molecule has 1 aromatic carbocycles. The van der Waals surface area contributed by atoms with Gasteiger partial charge >= 0.3 is 0 Å². The van der Waals surface area contributed by atoms with Crippen molar-refractivity contribution in [1.29, 1.82) is 0 Å². The van der Waals surface area contributed by atoms with Gasteiger partial charge in [0.2, 0.25) is 0 Å². The highest BCUT2D eigenvalue weighted by Crippen LogP contribution is 2.25. The molecule has 0 saturated carbocycles. The zero-order valence-electron chi connectivity index (χ0n) is 10.9. The van der Waals surface area contributed by atoms with E-state index in [1.807, 2.05) is 6.20 Å². The summed E-state index contributed by atoms with van der Waals surface area (Å²) in [5.41, 5.74) is 0. The number of fused-ring (bicyclic) bond motifs is 1. The Labute approximate surface area is 117 Å². The van der Waals surface area contributed by atoms with Crippen LogP contribution in [0.1, 0.15) is 20.3 Å². The van der Waals surface area contributed by atoms with Gasteiger partial charge in [0, 0.05) is 29.5 Å². The van der Waals surface area contributed by atoms with Crippen LogP contribution in [0.25, 0.3) is 10.8 Å². The third-order valence-corrected chi connectivity index (χ3v) is 3.64. The molecule has 0 unspecified atom stereocenters. The summed E-state index contributed by atoms with van der Waals surface area (Å²) in [6.07, 6.45) is 3.03. The van der Waals surface area contributed by atoms with Crippen LogP contribution in [0.3, 0.4) is 0 Å². The maximum atomic E-state index is 4.59. The van der Waals surface area contributed by atoms with E-state index < -0.39 is 0 Å². The van der Waals surface area contributed by atoms with Crippen molar-refractivity contribution in [3.63, 3.8) is 0 Å². The van der Waals surface area contributed by atoms with Gasteiger partial charge in [0.05, 0.1) is 0 Å². The van der Waals surface area contributed by atoms with E-state index in [9.17, 15) is 0 Å². The van der Waals surface area contributed by atoms with Gasteiger partial charge in [0.1, 0.15) is 5.82 Å². The minimum Gasteiger partial charge on any atom is -0.354 e. The number of rotatable bonds is 5. The van der Waals surface area contributed by atoms with E-state index in [-0.39, 0.29) is 0 Å². The van der Waals surface area contributed by atoms with Crippen molar-refractivity contribution in [3.8, 4) is 0 Å². The second-order valence-corrected chi connectivity index (χ2v) is 5.48. The third kappa shape index (κ3) is 2.83. The highest BCUT2D eigenvalue weighted by atomic mass is 79.9. The first-order valence-corrected chi connectivity index (χ1v) is 7.52. The van der Waals surface area contributed by atoms with Crippen molar-refractivity contribution in [1.82, 2.24) is 4.98 Å². The Bertz CT molecular complexity index is 505. The lowest BCUT2D eigenvalue weighted by molar-refractivity contribution is 0.668. The molecule has 0 aliphatic carbocycles. The molecule has 2 aromatic rings. The molecule has 1 heterocycles. The van der Waals surface area contributed by atoms with Crippen molar-refractivity contribution >= 4 is 32.5 Å². The minimum absolute atomic E-state index is 0.461. The molecule has 0 amide bonds. The van der Waals surface area contributed by atoms with E-state index in [0.29, 0.717) is 6.04 Å². The summed E-state index contributed by atoms with van der Waals surface area (Å²) in [5.74, 6) is 1.10. The van der Waals surface area contributed by atoms with E-state index in [2.05, 4.69) is 70.0 Å². The lowest BCUT2D eigenvalue weighted by Gasteiger charge is -2.28. The molecule has 0 bridgehead atoms. The first-order chi connectivity index (χ1) is 8.74. The summed E-state index contributed by atoms with van der Waals surface area (Å²) in [6, 6.07) is 11.0. The predicted octanol–water partition coefficient (Wildman–Crippen LogP) is 4.23. The van der Waals surface area contributed by atoms with Gasteiger partial charge in [-0.3, -0.25) is 0 Å². The van der Waals surface area contributed by atoms with Gasteiger partial charge in [-0.15, -0.1) is 0 Å². The topological polar surface area (TPSA) is 16.1 Å². The van der Waals surface area contributed by atoms with Crippen LogP contribution >= 0.6 is 15.9 Å². The fraction of sp³-hybridized carbons (Fsp3) is 0.400. The minimum atomic E-state index is 0.461. The number of hydrogen-bond donors (Lipinski definition) is 0. The molecule has 0 radical (unpaired) electrons. The first-order valence-electron chi connectivity index (χ1n) is 6.40.